The standard InChI is InChI=1S/C29H41N3O2.C3H8/c1-18-11-13-28(2)19(15-18)5-7-21-22-8-9-24(29(22,3)14-12-23(21)28)27(33)17-32-26-10-6-20(34-4)16-25(26)30-31-32;1-3-2/h6,10,16,18-19,21-24H,5,7-9,11-15,17H2,1-4H3;3H2,1-2H3/t18?,19?,21?,22?,23?,24-,28?,29?;/m1./s1. The van der Waals surface area contributed by atoms with Crippen LogP contribution in [0, 0.1) is 46.3 Å². The Kier molecular flexibility index (Phi) is 7.46. The molecule has 0 saturated heterocycles. The number of methoxy groups -OCH3 is 1. The second-order valence-corrected chi connectivity index (χ2v) is 13.5. The largest absolute Gasteiger partial charge is 0.497 e. The number of ether oxygens (including phenoxy) is 1. The predicted molar refractivity (Wildman–Crippen MR) is 149 cm³/mol. The molecule has 4 aliphatic carbocycles. The quantitative estimate of drug-likeness (QED) is 0.425. The Labute approximate surface area is 224 Å². The lowest BCUT2D eigenvalue weighted by Gasteiger charge is -2.61. The number of rotatable bonds is 4. The molecule has 0 bridgehead atoms. The van der Waals surface area contributed by atoms with Crippen molar-refractivity contribution < 1.29 is 9.53 Å². The Hall–Kier alpha value is -1.91. The van der Waals surface area contributed by atoms with Gasteiger partial charge in [-0.1, -0.05) is 52.7 Å². The van der Waals surface area contributed by atoms with Crippen molar-refractivity contribution in [1.29, 1.82) is 0 Å². The third-order valence-corrected chi connectivity index (χ3v) is 11.3. The van der Waals surface area contributed by atoms with Gasteiger partial charge in [-0.25, -0.2) is 4.68 Å². The molecule has 37 heavy (non-hydrogen) atoms. The molecule has 4 saturated carbocycles. The van der Waals surface area contributed by atoms with Crippen LogP contribution in [0.4, 0.5) is 0 Å². The first-order valence-corrected chi connectivity index (χ1v) is 15.1. The van der Waals surface area contributed by atoms with Crippen LogP contribution in [0.15, 0.2) is 18.2 Å². The molecule has 6 rings (SSSR count). The summed E-state index contributed by atoms with van der Waals surface area (Å²) in [6.07, 6.45) is 13.2. The second kappa shape index (κ2) is 10.3. The first kappa shape index (κ1) is 26.7. The summed E-state index contributed by atoms with van der Waals surface area (Å²) in [7, 11) is 1.66. The summed E-state index contributed by atoms with van der Waals surface area (Å²) in [5, 5.41) is 8.62. The number of fused-ring (bicyclic) bond motifs is 6. The van der Waals surface area contributed by atoms with Crippen LogP contribution in [-0.4, -0.2) is 27.9 Å². The molecule has 0 N–H and O–H groups in total. The fourth-order valence-corrected chi connectivity index (χ4v) is 9.45. The Balaban J connectivity index is 0.000000892. The van der Waals surface area contributed by atoms with E-state index in [2.05, 4.69) is 44.9 Å². The number of benzene rings is 1. The van der Waals surface area contributed by atoms with Crippen molar-refractivity contribution in [1.82, 2.24) is 15.0 Å². The molecule has 4 aliphatic rings. The molecule has 204 valence electrons. The molecule has 0 amide bonds. The summed E-state index contributed by atoms with van der Waals surface area (Å²) in [6.45, 7) is 12.2. The Morgan fingerprint density at radius 3 is 2.51 bits per heavy atom. The molecule has 1 heterocycles. The van der Waals surface area contributed by atoms with Crippen molar-refractivity contribution in [2.45, 2.75) is 105 Å². The molecule has 8 atom stereocenters. The number of aromatic nitrogens is 3. The monoisotopic (exact) mass is 507 g/mol. The highest BCUT2D eigenvalue weighted by atomic mass is 16.5. The maximum Gasteiger partial charge on any atom is 0.157 e. The van der Waals surface area contributed by atoms with Gasteiger partial charge in [-0.15, -0.1) is 5.10 Å². The third kappa shape index (κ3) is 4.52. The number of Topliss-reactive ketones (excluding diaryl/α,β-unsaturated/α-hetero) is 1. The van der Waals surface area contributed by atoms with Crippen LogP contribution in [0.3, 0.4) is 0 Å². The van der Waals surface area contributed by atoms with Gasteiger partial charge >= 0.3 is 0 Å². The van der Waals surface area contributed by atoms with Crippen LogP contribution in [0.1, 0.15) is 98.8 Å². The van der Waals surface area contributed by atoms with Gasteiger partial charge in [0.25, 0.3) is 0 Å². The molecular weight excluding hydrogens is 458 g/mol. The van der Waals surface area contributed by atoms with Crippen molar-refractivity contribution in [2.24, 2.45) is 46.3 Å². The Morgan fingerprint density at radius 1 is 1.03 bits per heavy atom. The van der Waals surface area contributed by atoms with Crippen LogP contribution in [0.2, 0.25) is 0 Å². The zero-order valence-electron chi connectivity index (χ0n) is 24.1. The van der Waals surface area contributed by atoms with Gasteiger partial charge in [-0.05, 0) is 104 Å². The maximum absolute atomic E-state index is 13.7. The fourth-order valence-electron chi connectivity index (χ4n) is 9.45. The summed E-state index contributed by atoms with van der Waals surface area (Å²) in [5.41, 5.74) is 2.40. The van der Waals surface area contributed by atoms with Gasteiger partial charge in [-0.3, -0.25) is 4.79 Å². The van der Waals surface area contributed by atoms with Crippen LogP contribution in [-0.2, 0) is 11.3 Å². The normalized spacial score (nSPS) is 38.6. The average molecular weight is 508 g/mol. The van der Waals surface area contributed by atoms with E-state index < -0.39 is 0 Å². The molecule has 0 radical (unpaired) electrons. The molecular formula is C32H49N3O2. The molecule has 0 aliphatic heterocycles. The van der Waals surface area contributed by atoms with Gasteiger partial charge in [0.2, 0.25) is 0 Å². The summed E-state index contributed by atoms with van der Waals surface area (Å²) in [5.74, 6) is 5.54. The smallest absolute Gasteiger partial charge is 0.157 e. The average Bonchev–Trinajstić information content (AvgIpc) is 3.45. The van der Waals surface area contributed by atoms with Crippen molar-refractivity contribution in [3.05, 3.63) is 18.2 Å². The zero-order chi connectivity index (χ0) is 26.4. The number of hydrogen-bond donors (Lipinski definition) is 0. The van der Waals surface area contributed by atoms with E-state index >= 15 is 0 Å². The summed E-state index contributed by atoms with van der Waals surface area (Å²) in [6, 6.07) is 5.78. The fraction of sp³-hybridized carbons (Fsp3) is 0.781. The van der Waals surface area contributed by atoms with E-state index in [9.17, 15) is 4.79 Å². The second-order valence-electron chi connectivity index (χ2n) is 13.5. The van der Waals surface area contributed by atoms with Gasteiger partial charge < -0.3 is 4.74 Å². The highest BCUT2D eigenvalue weighted by Crippen LogP contribution is 2.67. The van der Waals surface area contributed by atoms with E-state index in [1.807, 2.05) is 18.2 Å². The molecule has 4 fully saturated rings. The summed E-state index contributed by atoms with van der Waals surface area (Å²) in [4.78, 5) is 13.7. The minimum atomic E-state index is 0.156. The van der Waals surface area contributed by atoms with Gasteiger partial charge in [0.15, 0.2) is 5.78 Å². The topological polar surface area (TPSA) is 57.0 Å². The Bertz CT molecular complexity index is 1110. The molecule has 5 heteroatoms. The zero-order valence-corrected chi connectivity index (χ0v) is 24.1. The van der Waals surface area contributed by atoms with Gasteiger partial charge in [0.1, 0.15) is 17.8 Å². The highest BCUT2D eigenvalue weighted by Gasteiger charge is 2.60. The third-order valence-electron chi connectivity index (χ3n) is 11.3. The minimum Gasteiger partial charge on any atom is -0.497 e. The molecule has 2 aromatic rings. The number of carbonyl (C=O) groups is 1. The molecule has 7 unspecified atom stereocenters. The number of nitrogens with zero attached hydrogens (tertiary/aromatic N) is 3. The van der Waals surface area contributed by atoms with Gasteiger partial charge in [0, 0.05) is 12.0 Å². The lowest BCUT2D eigenvalue weighted by Crippen LogP contribution is -2.53. The molecule has 5 nitrogen and oxygen atoms in total. The van der Waals surface area contributed by atoms with Crippen LogP contribution in [0.25, 0.3) is 11.0 Å². The van der Waals surface area contributed by atoms with E-state index in [1.165, 1.54) is 57.8 Å². The van der Waals surface area contributed by atoms with E-state index in [0.29, 0.717) is 23.7 Å². The highest BCUT2D eigenvalue weighted by molar-refractivity contribution is 5.84. The van der Waals surface area contributed by atoms with Crippen LogP contribution >= 0.6 is 0 Å². The summed E-state index contributed by atoms with van der Waals surface area (Å²) >= 11 is 0. The number of carbonyl (C=O) groups excluding carboxylic acids is 1. The van der Waals surface area contributed by atoms with Gasteiger partial charge in [-0.2, -0.15) is 0 Å². The maximum atomic E-state index is 13.7. The Morgan fingerprint density at radius 2 is 1.76 bits per heavy atom. The van der Waals surface area contributed by atoms with Crippen molar-refractivity contribution in [3.8, 4) is 5.75 Å². The van der Waals surface area contributed by atoms with E-state index in [0.717, 1.165) is 46.9 Å². The first-order chi connectivity index (χ1) is 17.7. The van der Waals surface area contributed by atoms with Crippen LogP contribution in [0.5, 0.6) is 5.75 Å². The van der Waals surface area contributed by atoms with Crippen molar-refractivity contribution >= 4 is 16.8 Å². The first-order valence-electron chi connectivity index (χ1n) is 15.1. The van der Waals surface area contributed by atoms with E-state index in [4.69, 9.17) is 4.74 Å². The molecule has 1 aromatic carbocycles. The van der Waals surface area contributed by atoms with Crippen molar-refractivity contribution in [2.75, 3.05) is 7.11 Å². The number of ketones is 1. The van der Waals surface area contributed by atoms with Gasteiger partial charge in [0.05, 0.1) is 12.6 Å². The number of hydrogen-bond acceptors (Lipinski definition) is 4. The molecule has 0 spiro atoms. The van der Waals surface area contributed by atoms with Crippen LogP contribution < -0.4 is 4.74 Å². The SMILES string of the molecule is CCC.COc1ccc2c(c1)nnn2CC(=O)[C@H]1CCC2C3CCC4CC(C)CCC4(C)C3CCC21C. The lowest BCUT2D eigenvalue weighted by molar-refractivity contribution is -0.137. The van der Waals surface area contributed by atoms with Crippen molar-refractivity contribution in [3.63, 3.8) is 0 Å². The predicted octanol–water partition coefficient (Wildman–Crippen LogP) is 7.72. The van der Waals surface area contributed by atoms with E-state index in [-0.39, 0.29) is 11.3 Å². The van der Waals surface area contributed by atoms with E-state index in [1.54, 1.807) is 11.8 Å². The lowest BCUT2D eigenvalue weighted by atomic mass is 9.44. The molecule has 1 aromatic heterocycles. The minimum absolute atomic E-state index is 0.156. The summed E-state index contributed by atoms with van der Waals surface area (Å²) < 4.78 is 7.11.